The van der Waals surface area contributed by atoms with Crippen molar-refractivity contribution in [2.75, 3.05) is 0 Å². The smallest absolute Gasteiger partial charge is 0.324 e. The molecule has 2 N–H and O–H groups in total. The molecule has 0 bridgehead atoms. The van der Waals surface area contributed by atoms with E-state index >= 15 is 4.39 Å². The number of hydrogen-bond donors (Lipinski definition) is 2. The average molecular weight is 545 g/mol. The van der Waals surface area contributed by atoms with Crippen molar-refractivity contribution in [2.45, 2.75) is 93.2 Å². The van der Waals surface area contributed by atoms with E-state index in [2.05, 4.69) is 10.6 Å². The van der Waals surface area contributed by atoms with Crippen LogP contribution < -0.4 is 15.4 Å². The third-order valence-corrected chi connectivity index (χ3v) is 9.66. The number of nitrogens with one attached hydrogen (secondary N) is 2. The minimum Gasteiger partial charge on any atom is -0.425 e. The second-order valence-electron chi connectivity index (χ2n) is 11.1. The maximum absolute atomic E-state index is 15.8. The molecule has 0 aromatic heterocycles. The third kappa shape index (κ3) is 3.82. The van der Waals surface area contributed by atoms with Gasteiger partial charge in [0.2, 0.25) is 5.91 Å². The standard InChI is InChI=1S/C29H31Cl2FN2O3/c30-17-12-13-20-22(16-17)37-27(36)29(20)23(19-10-7-11-21(31)24(19)32)25(34-28(29)14-5-2-6-15-28)26(35)33-18-8-3-1-4-9-18/h7,10-13,16,18,23,25,34H,1-6,8-9,14-15H2,(H,33,35). The van der Waals surface area contributed by atoms with Gasteiger partial charge in [0.1, 0.15) is 17.0 Å². The molecule has 2 aromatic carbocycles. The fraction of sp³-hybridized carbons (Fsp3) is 0.517. The molecule has 196 valence electrons. The minimum absolute atomic E-state index is 0.0358. The van der Waals surface area contributed by atoms with Crippen molar-refractivity contribution in [3.8, 4) is 5.75 Å². The molecule has 8 heteroatoms. The maximum atomic E-state index is 15.8. The van der Waals surface area contributed by atoms with Gasteiger partial charge in [-0.25, -0.2) is 4.39 Å². The Bertz CT molecular complexity index is 1240. The number of fused-ring (bicyclic) bond motifs is 3. The van der Waals surface area contributed by atoms with Crippen molar-refractivity contribution in [1.29, 1.82) is 0 Å². The zero-order chi connectivity index (χ0) is 25.8. The number of rotatable bonds is 3. The molecule has 3 unspecified atom stereocenters. The fourth-order valence-corrected chi connectivity index (χ4v) is 7.95. The van der Waals surface area contributed by atoms with Gasteiger partial charge in [-0.3, -0.25) is 14.9 Å². The van der Waals surface area contributed by atoms with Crippen LogP contribution in [0.5, 0.6) is 5.75 Å². The summed E-state index contributed by atoms with van der Waals surface area (Å²) in [4.78, 5) is 28.2. The van der Waals surface area contributed by atoms with Gasteiger partial charge < -0.3 is 10.1 Å². The molecular formula is C29H31Cl2FN2O3. The Hall–Kier alpha value is -2.15. The van der Waals surface area contributed by atoms with Crippen LogP contribution in [-0.4, -0.2) is 29.5 Å². The van der Waals surface area contributed by atoms with Crippen LogP contribution in [-0.2, 0) is 15.0 Å². The predicted octanol–water partition coefficient (Wildman–Crippen LogP) is 6.20. The summed E-state index contributed by atoms with van der Waals surface area (Å²) in [6.07, 6.45) is 9.35. The number of carbonyl (C=O) groups is 2. The Labute approximate surface area is 226 Å². The normalized spacial score (nSPS) is 28.9. The van der Waals surface area contributed by atoms with Crippen LogP contribution >= 0.6 is 23.2 Å². The summed E-state index contributed by atoms with van der Waals surface area (Å²) in [6.45, 7) is 0. The Morgan fingerprint density at radius 2 is 1.76 bits per heavy atom. The van der Waals surface area contributed by atoms with Crippen LogP contribution in [0.3, 0.4) is 0 Å². The Balaban J connectivity index is 1.56. The Kier molecular flexibility index (Phi) is 6.49. The van der Waals surface area contributed by atoms with Crippen LogP contribution in [0.25, 0.3) is 0 Å². The molecule has 2 aliphatic heterocycles. The van der Waals surface area contributed by atoms with Crippen LogP contribution in [0.4, 0.5) is 4.39 Å². The first-order valence-corrected chi connectivity index (χ1v) is 14.2. The topological polar surface area (TPSA) is 67.4 Å². The van der Waals surface area contributed by atoms with E-state index in [1.165, 1.54) is 12.5 Å². The second-order valence-corrected chi connectivity index (χ2v) is 11.9. The van der Waals surface area contributed by atoms with Crippen LogP contribution in [0.15, 0.2) is 36.4 Å². The Morgan fingerprint density at radius 3 is 2.51 bits per heavy atom. The lowest BCUT2D eigenvalue weighted by Gasteiger charge is -2.46. The van der Waals surface area contributed by atoms with E-state index in [1.807, 2.05) is 6.07 Å². The average Bonchev–Trinajstić information content (AvgIpc) is 3.34. The van der Waals surface area contributed by atoms with Crippen molar-refractivity contribution in [3.05, 3.63) is 63.4 Å². The van der Waals surface area contributed by atoms with Gasteiger partial charge in [-0.15, -0.1) is 0 Å². The number of esters is 1. The molecule has 3 atom stereocenters. The van der Waals surface area contributed by atoms with E-state index < -0.39 is 34.7 Å². The summed E-state index contributed by atoms with van der Waals surface area (Å²) < 4.78 is 21.7. The highest BCUT2D eigenvalue weighted by atomic mass is 35.5. The number of amides is 1. The van der Waals surface area contributed by atoms with Crippen molar-refractivity contribution in [1.82, 2.24) is 10.6 Å². The summed E-state index contributed by atoms with van der Waals surface area (Å²) in [5, 5.41) is 7.31. The number of hydrogen-bond acceptors (Lipinski definition) is 4. The van der Waals surface area contributed by atoms with Crippen LogP contribution in [0.1, 0.15) is 81.3 Å². The molecule has 1 amide bonds. The van der Waals surface area contributed by atoms with Gasteiger partial charge in [-0.05, 0) is 49.4 Å². The van der Waals surface area contributed by atoms with Crippen molar-refractivity contribution in [2.24, 2.45) is 0 Å². The maximum Gasteiger partial charge on any atom is 0.324 e. The van der Waals surface area contributed by atoms with Crippen molar-refractivity contribution < 1.29 is 18.7 Å². The first-order valence-electron chi connectivity index (χ1n) is 13.4. The summed E-state index contributed by atoms with van der Waals surface area (Å²) in [5.41, 5.74) is -1.15. The van der Waals surface area contributed by atoms with E-state index in [0.29, 0.717) is 29.2 Å². The molecule has 2 aromatic rings. The lowest BCUT2D eigenvalue weighted by atomic mass is 9.55. The van der Waals surface area contributed by atoms with Crippen molar-refractivity contribution >= 4 is 35.1 Å². The predicted molar refractivity (Wildman–Crippen MR) is 141 cm³/mol. The molecule has 1 saturated heterocycles. The largest absolute Gasteiger partial charge is 0.425 e. The van der Waals surface area contributed by atoms with Gasteiger partial charge in [0, 0.05) is 28.1 Å². The zero-order valence-corrected chi connectivity index (χ0v) is 22.1. The van der Waals surface area contributed by atoms with E-state index in [-0.39, 0.29) is 22.5 Å². The lowest BCUT2D eigenvalue weighted by molar-refractivity contribution is -0.141. The summed E-state index contributed by atoms with van der Waals surface area (Å²) in [5.74, 6) is -1.73. The molecule has 6 rings (SSSR count). The number of ether oxygens (including phenoxy) is 1. The van der Waals surface area contributed by atoms with E-state index in [0.717, 1.165) is 44.9 Å². The number of benzene rings is 2. The van der Waals surface area contributed by atoms with E-state index in [9.17, 15) is 9.59 Å². The molecule has 2 heterocycles. The van der Waals surface area contributed by atoms with Gasteiger partial charge in [0.15, 0.2) is 0 Å². The Morgan fingerprint density at radius 1 is 1.03 bits per heavy atom. The zero-order valence-electron chi connectivity index (χ0n) is 20.6. The third-order valence-electron chi connectivity index (χ3n) is 9.14. The molecule has 5 nitrogen and oxygen atoms in total. The summed E-state index contributed by atoms with van der Waals surface area (Å²) >= 11 is 12.6. The molecule has 3 fully saturated rings. The minimum atomic E-state index is -1.30. The molecular weight excluding hydrogens is 514 g/mol. The summed E-state index contributed by atoms with van der Waals surface area (Å²) in [7, 11) is 0. The van der Waals surface area contributed by atoms with Gasteiger partial charge in [-0.2, -0.15) is 0 Å². The molecule has 37 heavy (non-hydrogen) atoms. The summed E-state index contributed by atoms with van der Waals surface area (Å²) in [6, 6.07) is 9.26. The molecule has 2 spiro atoms. The molecule has 0 radical (unpaired) electrons. The van der Waals surface area contributed by atoms with Gasteiger partial charge in [0.05, 0.1) is 11.1 Å². The molecule has 2 saturated carbocycles. The van der Waals surface area contributed by atoms with E-state index in [4.69, 9.17) is 27.9 Å². The monoisotopic (exact) mass is 544 g/mol. The van der Waals surface area contributed by atoms with E-state index in [1.54, 1.807) is 24.3 Å². The SMILES string of the molecule is O=C(NC1CCCCC1)C1NC2(CCCCC2)C2(C(=O)Oc3cc(Cl)ccc32)C1c1cccc(Cl)c1F. The lowest BCUT2D eigenvalue weighted by Crippen LogP contribution is -2.60. The van der Waals surface area contributed by atoms with Gasteiger partial charge in [0.25, 0.3) is 0 Å². The van der Waals surface area contributed by atoms with Crippen LogP contribution in [0, 0.1) is 5.82 Å². The van der Waals surface area contributed by atoms with Gasteiger partial charge >= 0.3 is 5.97 Å². The highest BCUT2D eigenvalue weighted by molar-refractivity contribution is 6.31. The number of halogens is 3. The first-order chi connectivity index (χ1) is 17.9. The first kappa shape index (κ1) is 25.1. The van der Waals surface area contributed by atoms with Crippen LogP contribution in [0.2, 0.25) is 10.0 Å². The van der Waals surface area contributed by atoms with Crippen molar-refractivity contribution in [3.63, 3.8) is 0 Å². The molecule has 4 aliphatic rings. The fourth-order valence-electron chi connectivity index (χ4n) is 7.61. The second kappa shape index (κ2) is 9.55. The van der Waals surface area contributed by atoms with Gasteiger partial charge in [-0.1, -0.05) is 79.9 Å². The number of carbonyl (C=O) groups excluding carboxylic acids is 2. The quantitative estimate of drug-likeness (QED) is 0.356. The molecule has 2 aliphatic carbocycles. The highest BCUT2D eigenvalue weighted by Gasteiger charge is 2.73. The highest BCUT2D eigenvalue weighted by Crippen LogP contribution is 2.63.